The molecule has 6 nitrogen and oxygen atoms in total. The van der Waals surface area contributed by atoms with E-state index in [4.69, 9.17) is 9.26 Å². The van der Waals surface area contributed by atoms with Crippen LogP contribution in [0, 0.1) is 13.8 Å². The standard InChI is InChI=1S/C15H24N4O2/c1-10(2)16-7-15-11(3)17-19(12(15)4)8-13-6-14(9-20-5)21-18-13/h6,10,16H,7-9H2,1-5H3. The van der Waals surface area contributed by atoms with Gasteiger partial charge in [-0.2, -0.15) is 5.10 Å². The highest BCUT2D eigenvalue weighted by Crippen LogP contribution is 2.15. The van der Waals surface area contributed by atoms with Gasteiger partial charge in [0, 0.05) is 37.0 Å². The molecule has 21 heavy (non-hydrogen) atoms. The summed E-state index contributed by atoms with van der Waals surface area (Å²) >= 11 is 0. The van der Waals surface area contributed by atoms with E-state index in [1.165, 1.54) is 5.56 Å². The normalized spacial score (nSPS) is 11.5. The lowest BCUT2D eigenvalue weighted by molar-refractivity contribution is 0.155. The van der Waals surface area contributed by atoms with Crippen LogP contribution in [0.2, 0.25) is 0 Å². The fourth-order valence-corrected chi connectivity index (χ4v) is 2.24. The number of hydrogen-bond donors (Lipinski definition) is 1. The third-order valence-corrected chi connectivity index (χ3v) is 3.42. The molecule has 0 atom stereocenters. The molecule has 2 aromatic rings. The molecule has 0 aliphatic rings. The maximum atomic E-state index is 5.20. The highest BCUT2D eigenvalue weighted by Gasteiger charge is 2.13. The summed E-state index contributed by atoms with van der Waals surface area (Å²) in [6, 6.07) is 2.37. The van der Waals surface area contributed by atoms with Crippen LogP contribution in [0.5, 0.6) is 0 Å². The second kappa shape index (κ2) is 6.87. The van der Waals surface area contributed by atoms with Gasteiger partial charge in [-0.25, -0.2) is 0 Å². The second-order valence-electron chi connectivity index (χ2n) is 5.56. The van der Waals surface area contributed by atoms with Gasteiger partial charge in [0.25, 0.3) is 0 Å². The number of aryl methyl sites for hydroxylation is 1. The summed E-state index contributed by atoms with van der Waals surface area (Å²) in [6.07, 6.45) is 0. The van der Waals surface area contributed by atoms with Crippen molar-refractivity contribution in [3.05, 3.63) is 34.5 Å². The Bertz CT molecular complexity index is 587. The summed E-state index contributed by atoms with van der Waals surface area (Å²) in [4.78, 5) is 0. The van der Waals surface area contributed by atoms with E-state index in [1.54, 1.807) is 7.11 Å². The van der Waals surface area contributed by atoms with Crippen molar-refractivity contribution in [2.45, 2.75) is 53.4 Å². The van der Waals surface area contributed by atoms with E-state index in [1.807, 2.05) is 17.7 Å². The largest absolute Gasteiger partial charge is 0.377 e. The van der Waals surface area contributed by atoms with E-state index >= 15 is 0 Å². The van der Waals surface area contributed by atoms with E-state index in [2.05, 4.69) is 36.3 Å². The minimum atomic E-state index is 0.438. The Hall–Kier alpha value is -1.66. The fraction of sp³-hybridized carbons (Fsp3) is 0.600. The molecule has 0 aliphatic heterocycles. The summed E-state index contributed by atoms with van der Waals surface area (Å²) in [6.45, 7) is 10.3. The number of aromatic nitrogens is 3. The smallest absolute Gasteiger partial charge is 0.162 e. The van der Waals surface area contributed by atoms with Crippen molar-refractivity contribution in [3.63, 3.8) is 0 Å². The first-order valence-electron chi connectivity index (χ1n) is 7.21. The zero-order valence-corrected chi connectivity index (χ0v) is 13.4. The zero-order valence-electron chi connectivity index (χ0n) is 13.4. The van der Waals surface area contributed by atoms with Crippen LogP contribution in [0.15, 0.2) is 10.6 Å². The molecule has 2 rings (SSSR count). The van der Waals surface area contributed by atoms with E-state index in [9.17, 15) is 0 Å². The van der Waals surface area contributed by atoms with Crippen molar-refractivity contribution in [1.82, 2.24) is 20.3 Å². The SMILES string of the molecule is COCc1cc(Cn2nc(C)c(CNC(C)C)c2C)no1. The fourth-order valence-electron chi connectivity index (χ4n) is 2.24. The molecule has 2 heterocycles. The van der Waals surface area contributed by atoms with E-state index in [-0.39, 0.29) is 0 Å². The third kappa shape index (κ3) is 3.92. The van der Waals surface area contributed by atoms with Gasteiger partial charge < -0.3 is 14.6 Å². The van der Waals surface area contributed by atoms with Gasteiger partial charge in [0.05, 0.1) is 12.2 Å². The van der Waals surface area contributed by atoms with Crippen molar-refractivity contribution >= 4 is 0 Å². The van der Waals surface area contributed by atoms with Crippen LogP contribution >= 0.6 is 0 Å². The van der Waals surface area contributed by atoms with Crippen molar-refractivity contribution in [2.24, 2.45) is 0 Å². The Balaban J connectivity index is 2.11. The summed E-state index contributed by atoms with van der Waals surface area (Å²) in [5, 5.41) is 12.1. The summed E-state index contributed by atoms with van der Waals surface area (Å²) in [5.41, 5.74) is 4.33. The molecule has 6 heteroatoms. The molecule has 116 valence electrons. The quantitative estimate of drug-likeness (QED) is 0.847. The van der Waals surface area contributed by atoms with Crippen LogP contribution in [0.25, 0.3) is 0 Å². The molecule has 1 N–H and O–H groups in total. The number of hydrogen-bond acceptors (Lipinski definition) is 5. The first kappa shape index (κ1) is 15.7. The molecular weight excluding hydrogens is 268 g/mol. The van der Waals surface area contributed by atoms with Crippen molar-refractivity contribution in [3.8, 4) is 0 Å². The van der Waals surface area contributed by atoms with Gasteiger partial charge in [-0.3, -0.25) is 4.68 Å². The number of methoxy groups -OCH3 is 1. The van der Waals surface area contributed by atoms with Crippen LogP contribution < -0.4 is 5.32 Å². The van der Waals surface area contributed by atoms with Crippen LogP contribution in [-0.2, 0) is 24.4 Å². The molecule has 0 bridgehead atoms. The highest BCUT2D eigenvalue weighted by atomic mass is 16.5. The molecular formula is C15H24N4O2. The maximum absolute atomic E-state index is 5.20. The van der Waals surface area contributed by atoms with E-state index < -0.39 is 0 Å². The van der Waals surface area contributed by atoms with Gasteiger partial charge in [-0.1, -0.05) is 19.0 Å². The third-order valence-electron chi connectivity index (χ3n) is 3.42. The minimum absolute atomic E-state index is 0.438. The molecule has 0 fully saturated rings. The minimum Gasteiger partial charge on any atom is -0.377 e. The molecule has 0 aromatic carbocycles. The van der Waals surface area contributed by atoms with Crippen LogP contribution in [0.4, 0.5) is 0 Å². The van der Waals surface area contributed by atoms with Crippen LogP contribution in [0.1, 0.15) is 42.3 Å². The van der Waals surface area contributed by atoms with Crippen molar-refractivity contribution in [1.29, 1.82) is 0 Å². The number of rotatable bonds is 7. The monoisotopic (exact) mass is 292 g/mol. The second-order valence-corrected chi connectivity index (χ2v) is 5.56. The molecule has 0 unspecified atom stereocenters. The predicted molar refractivity (Wildman–Crippen MR) is 80.0 cm³/mol. The molecule has 0 radical (unpaired) electrons. The topological polar surface area (TPSA) is 65.1 Å². The Morgan fingerprint density at radius 3 is 2.81 bits per heavy atom. The van der Waals surface area contributed by atoms with Gasteiger partial charge in [0.1, 0.15) is 12.3 Å². The Labute approximate surface area is 125 Å². The van der Waals surface area contributed by atoms with Gasteiger partial charge in [-0.05, 0) is 13.8 Å². The van der Waals surface area contributed by atoms with E-state index in [0.29, 0.717) is 19.2 Å². The van der Waals surface area contributed by atoms with Crippen LogP contribution in [-0.4, -0.2) is 28.1 Å². The number of ether oxygens (including phenoxy) is 1. The lowest BCUT2D eigenvalue weighted by Gasteiger charge is -2.08. The number of nitrogens with zero attached hydrogens (tertiary/aromatic N) is 3. The van der Waals surface area contributed by atoms with E-state index in [0.717, 1.165) is 29.4 Å². The Morgan fingerprint density at radius 2 is 2.14 bits per heavy atom. The summed E-state index contributed by atoms with van der Waals surface area (Å²) < 4.78 is 12.2. The average Bonchev–Trinajstić information content (AvgIpc) is 2.95. The lowest BCUT2D eigenvalue weighted by atomic mass is 10.2. The Kier molecular flexibility index (Phi) is 5.14. The first-order valence-corrected chi connectivity index (χ1v) is 7.21. The first-order chi connectivity index (χ1) is 10.0. The molecule has 0 spiro atoms. The van der Waals surface area contributed by atoms with Crippen LogP contribution in [0.3, 0.4) is 0 Å². The van der Waals surface area contributed by atoms with Crippen molar-refractivity contribution in [2.75, 3.05) is 7.11 Å². The van der Waals surface area contributed by atoms with Gasteiger partial charge in [-0.15, -0.1) is 0 Å². The molecule has 2 aromatic heterocycles. The molecule has 0 amide bonds. The molecule has 0 saturated heterocycles. The zero-order chi connectivity index (χ0) is 15.4. The number of nitrogens with one attached hydrogen (secondary N) is 1. The van der Waals surface area contributed by atoms with Crippen molar-refractivity contribution < 1.29 is 9.26 Å². The molecule has 0 saturated carbocycles. The van der Waals surface area contributed by atoms with Gasteiger partial charge >= 0.3 is 0 Å². The van der Waals surface area contributed by atoms with Gasteiger partial charge in [0.2, 0.25) is 0 Å². The molecule has 0 aliphatic carbocycles. The average molecular weight is 292 g/mol. The Morgan fingerprint density at radius 1 is 1.38 bits per heavy atom. The maximum Gasteiger partial charge on any atom is 0.162 e. The predicted octanol–water partition coefficient (Wildman–Crippen LogP) is 2.18. The summed E-state index contributed by atoms with van der Waals surface area (Å²) in [7, 11) is 1.64. The lowest BCUT2D eigenvalue weighted by Crippen LogP contribution is -2.22. The summed E-state index contributed by atoms with van der Waals surface area (Å²) in [5.74, 6) is 0.732. The van der Waals surface area contributed by atoms with Gasteiger partial charge in [0.15, 0.2) is 5.76 Å². The highest BCUT2D eigenvalue weighted by molar-refractivity contribution is 5.25.